The van der Waals surface area contributed by atoms with Gasteiger partial charge in [-0.05, 0) is 25.0 Å². The lowest BCUT2D eigenvalue weighted by Crippen LogP contribution is -2.21. The van der Waals surface area contributed by atoms with Gasteiger partial charge in [-0.15, -0.1) is 23.4 Å². The van der Waals surface area contributed by atoms with Gasteiger partial charge in [-0.3, -0.25) is 0 Å². The van der Waals surface area contributed by atoms with Crippen LogP contribution in [0.3, 0.4) is 0 Å². The van der Waals surface area contributed by atoms with Gasteiger partial charge in [0.1, 0.15) is 0 Å². The second kappa shape index (κ2) is 7.99. The normalized spacial score (nSPS) is 14.7. The third-order valence-corrected chi connectivity index (χ3v) is 3.96. The van der Waals surface area contributed by atoms with Gasteiger partial charge in [0.05, 0.1) is 11.5 Å². The lowest BCUT2D eigenvalue weighted by atomic mass is 10.1. The summed E-state index contributed by atoms with van der Waals surface area (Å²) in [7, 11) is 0. The molecule has 0 aliphatic carbocycles. The van der Waals surface area contributed by atoms with Crippen molar-refractivity contribution in [3.8, 4) is 0 Å². The molecule has 0 saturated heterocycles. The smallest absolute Gasteiger partial charge is 0.0711 e. The molecule has 1 rings (SSSR count). The zero-order chi connectivity index (χ0) is 11.8. The van der Waals surface area contributed by atoms with Gasteiger partial charge >= 0.3 is 0 Å². The fourth-order valence-corrected chi connectivity index (χ4v) is 2.75. The van der Waals surface area contributed by atoms with Crippen molar-refractivity contribution in [1.29, 1.82) is 0 Å². The number of aliphatic hydroxyl groups excluding tert-OH is 1. The van der Waals surface area contributed by atoms with Gasteiger partial charge in [0, 0.05) is 10.6 Å². The first-order valence-corrected chi connectivity index (χ1v) is 7.16. The summed E-state index contributed by atoms with van der Waals surface area (Å²) in [5.41, 5.74) is 0. The molecule has 16 heavy (non-hydrogen) atoms. The Morgan fingerprint density at radius 2 is 1.94 bits per heavy atom. The lowest BCUT2D eigenvalue weighted by Gasteiger charge is -2.15. The molecular formula is C13H19ClOS. The molecule has 1 N–H and O–H groups in total. The molecule has 0 bridgehead atoms. The van der Waals surface area contributed by atoms with Crippen molar-refractivity contribution in [2.45, 2.75) is 42.6 Å². The average Bonchev–Trinajstić information content (AvgIpc) is 2.30. The number of hydrogen-bond acceptors (Lipinski definition) is 2. The van der Waals surface area contributed by atoms with Gasteiger partial charge in [-0.2, -0.15) is 0 Å². The Hall–Kier alpha value is -0.180. The summed E-state index contributed by atoms with van der Waals surface area (Å²) in [6.45, 7) is 2.08. The standard InChI is InChI=1S/C13H19ClOS/c1-2-6-12(14)13(15)9-10-16-11-7-4-3-5-8-11/h3-5,7-8,12-13,15H,2,6,9-10H2,1H3/t12-,13-/m0/s1. The summed E-state index contributed by atoms with van der Waals surface area (Å²) in [6, 6.07) is 10.2. The van der Waals surface area contributed by atoms with E-state index in [1.165, 1.54) is 4.90 Å². The van der Waals surface area contributed by atoms with Crippen LogP contribution in [0.5, 0.6) is 0 Å². The predicted molar refractivity (Wildman–Crippen MR) is 72.3 cm³/mol. The molecule has 3 heteroatoms. The van der Waals surface area contributed by atoms with Crippen molar-refractivity contribution < 1.29 is 5.11 Å². The largest absolute Gasteiger partial charge is 0.392 e. The first kappa shape index (κ1) is 13.9. The Morgan fingerprint density at radius 1 is 1.25 bits per heavy atom. The maximum atomic E-state index is 9.78. The fourth-order valence-electron chi connectivity index (χ4n) is 1.46. The maximum Gasteiger partial charge on any atom is 0.0711 e. The molecule has 1 aromatic carbocycles. The van der Waals surface area contributed by atoms with Gasteiger partial charge in [0.15, 0.2) is 0 Å². The van der Waals surface area contributed by atoms with E-state index >= 15 is 0 Å². The van der Waals surface area contributed by atoms with Gasteiger partial charge in [0.25, 0.3) is 0 Å². The van der Waals surface area contributed by atoms with Crippen LogP contribution in [-0.2, 0) is 0 Å². The summed E-state index contributed by atoms with van der Waals surface area (Å²) >= 11 is 7.82. The van der Waals surface area contributed by atoms with E-state index in [2.05, 4.69) is 19.1 Å². The van der Waals surface area contributed by atoms with E-state index < -0.39 is 0 Å². The van der Waals surface area contributed by atoms with Crippen LogP contribution in [0, 0.1) is 0 Å². The van der Waals surface area contributed by atoms with Crippen molar-refractivity contribution in [1.82, 2.24) is 0 Å². The van der Waals surface area contributed by atoms with Crippen LogP contribution >= 0.6 is 23.4 Å². The minimum absolute atomic E-state index is 0.0960. The van der Waals surface area contributed by atoms with Crippen molar-refractivity contribution in [3.05, 3.63) is 30.3 Å². The van der Waals surface area contributed by atoms with Crippen LogP contribution < -0.4 is 0 Å². The molecule has 0 aliphatic heterocycles. The average molecular weight is 259 g/mol. The second-order valence-corrected chi connectivity index (χ2v) is 5.55. The quantitative estimate of drug-likeness (QED) is 0.591. The molecular weight excluding hydrogens is 240 g/mol. The van der Waals surface area contributed by atoms with Crippen molar-refractivity contribution in [2.24, 2.45) is 0 Å². The van der Waals surface area contributed by atoms with E-state index in [9.17, 15) is 5.11 Å². The number of aliphatic hydroxyl groups is 1. The van der Waals surface area contributed by atoms with Gasteiger partial charge < -0.3 is 5.11 Å². The van der Waals surface area contributed by atoms with Gasteiger partial charge in [0.2, 0.25) is 0 Å². The zero-order valence-electron chi connectivity index (χ0n) is 9.60. The lowest BCUT2D eigenvalue weighted by molar-refractivity contribution is 0.162. The van der Waals surface area contributed by atoms with E-state index in [0.717, 1.165) is 25.0 Å². The van der Waals surface area contributed by atoms with Crippen molar-refractivity contribution in [2.75, 3.05) is 5.75 Å². The molecule has 0 spiro atoms. The highest BCUT2D eigenvalue weighted by atomic mass is 35.5. The van der Waals surface area contributed by atoms with Crippen molar-refractivity contribution in [3.63, 3.8) is 0 Å². The minimum Gasteiger partial charge on any atom is -0.392 e. The summed E-state index contributed by atoms with van der Waals surface area (Å²) in [5, 5.41) is 9.69. The molecule has 0 fully saturated rings. The molecule has 1 nitrogen and oxygen atoms in total. The van der Waals surface area contributed by atoms with Gasteiger partial charge in [-0.1, -0.05) is 31.5 Å². The Balaban J connectivity index is 2.20. The SMILES string of the molecule is CCC[C@H](Cl)[C@@H](O)CCSc1ccccc1. The topological polar surface area (TPSA) is 20.2 Å². The number of alkyl halides is 1. The molecule has 0 unspecified atom stereocenters. The molecule has 0 radical (unpaired) electrons. The third kappa shape index (κ3) is 5.24. The monoisotopic (exact) mass is 258 g/mol. The van der Waals surface area contributed by atoms with Crippen LogP contribution in [0.25, 0.3) is 0 Å². The maximum absolute atomic E-state index is 9.78. The highest BCUT2D eigenvalue weighted by molar-refractivity contribution is 7.99. The summed E-state index contributed by atoms with van der Waals surface area (Å²) < 4.78 is 0. The number of halogens is 1. The zero-order valence-corrected chi connectivity index (χ0v) is 11.2. The van der Waals surface area contributed by atoms with E-state index in [0.29, 0.717) is 0 Å². The summed E-state index contributed by atoms with van der Waals surface area (Å²) in [4.78, 5) is 1.25. The molecule has 2 atom stereocenters. The highest BCUT2D eigenvalue weighted by Gasteiger charge is 2.14. The van der Waals surface area contributed by atoms with E-state index in [1.54, 1.807) is 11.8 Å². The fraction of sp³-hybridized carbons (Fsp3) is 0.538. The number of benzene rings is 1. The second-order valence-electron chi connectivity index (χ2n) is 3.82. The first-order chi connectivity index (χ1) is 7.74. The molecule has 0 aromatic heterocycles. The Labute approximate surface area is 107 Å². The van der Waals surface area contributed by atoms with Gasteiger partial charge in [-0.25, -0.2) is 0 Å². The van der Waals surface area contributed by atoms with Crippen LogP contribution in [0.1, 0.15) is 26.2 Å². The molecule has 0 aliphatic rings. The summed E-state index contributed by atoms with van der Waals surface area (Å²) in [6.07, 6.45) is 2.29. The molecule has 90 valence electrons. The Bertz CT molecular complexity index is 279. The molecule has 0 amide bonds. The van der Waals surface area contributed by atoms with Crippen molar-refractivity contribution >= 4 is 23.4 Å². The molecule has 0 heterocycles. The molecule has 0 saturated carbocycles. The number of hydrogen-bond donors (Lipinski definition) is 1. The first-order valence-electron chi connectivity index (χ1n) is 5.74. The molecule has 1 aromatic rings. The van der Waals surface area contributed by atoms with E-state index in [-0.39, 0.29) is 11.5 Å². The predicted octanol–water partition coefficient (Wildman–Crippen LogP) is 3.94. The Morgan fingerprint density at radius 3 is 2.56 bits per heavy atom. The number of thioether (sulfide) groups is 1. The highest BCUT2D eigenvalue weighted by Crippen LogP contribution is 2.21. The van der Waals surface area contributed by atoms with E-state index in [1.807, 2.05) is 18.2 Å². The minimum atomic E-state index is -0.377. The van der Waals surface area contributed by atoms with Crippen LogP contribution in [-0.4, -0.2) is 22.3 Å². The van der Waals surface area contributed by atoms with Crippen LogP contribution in [0.15, 0.2) is 35.2 Å². The number of rotatable bonds is 7. The van der Waals surface area contributed by atoms with E-state index in [4.69, 9.17) is 11.6 Å². The third-order valence-electron chi connectivity index (χ3n) is 2.41. The van der Waals surface area contributed by atoms with Crippen LogP contribution in [0.2, 0.25) is 0 Å². The van der Waals surface area contributed by atoms with Crippen LogP contribution in [0.4, 0.5) is 0 Å². The Kier molecular flexibility index (Phi) is 6.93. The summed E-state index contributed by atoms with van der Waals surface area (Å²) in [5.74, 6) is 0.915.